The molecule has 1 N–H and O–H groups in total. The van der Waals surface area contributed by atoms with Gasteiger partial charge in [-0.1, -0.05) is 11.6 Å². The standard InChI is InChI=1S/C17H10ClFN2O4S/c18-10-1-4-12(5-2-10)20-17(22)16-15(7-8-26-16)25-14-6-3-11(19)9-13(14)21(23)24/h1-9H,(H,20,22). The third kappa shape index (κ3) is 3.98. The van der Waals surface area contributed by atoms with Crippen LogP contribution < -0.4 is 10.1 Å². The zero-order valence-corrected chi connectivity index (χ0v) is 14.5. The number of carbonyl (C=O) groups excluding carboxylic acids is 1. The molecule has 2 aromatic carbocycles. The molecule has 0 atom stereocenters. The fourth-order valence-corrected chi connectivity index (χ4v) is 2.94. The minimum atomic E-state index is -0.755. The number of rotatable bonds is 5. The van der Waals surface area contributed by atoms with Gasteiger partial charge in [0.15, 0.2) is 5.75 Å². The van der Waals surface area contributed by atoms with Crippen molar-refractivity contribution in [1.82, 2.24) is 0 Å². The first-order valence-corrected chi connectivity index (χ1v) is 8.46. The van der Waals surface area contributed by atoms with Crippen LogP contribution in [0.5, 0.6) is 11.5 Å². The second-order valence-corrected chi connectivity index (χ2v) is 6.40. The highest BCUT2D eigenvalue weighted by molar-refractivity contribution is 7.12. The molecule has 0 saturated carbocycles. The molecule has 0 saturated heterocycles. The highest BCUT2D eigenvalue weighted by Crippen LogP contribution is 2.35. The predicted molar refractivity (Wildman–Crippen MR) is 96.9 cm³/mol. The molecule has 1 amide bonds. The summed E-state index contributed by atoms with van der Waals surface area (Å²) in [5.74, 6) is -1.22. The zero-order chi connectivity index (χ0) is 18.7. The van der Waals surface area contributed by atoms with Crippen LogP contribution >= 0.6 is 22.9 Å². The molecule has 1 aromatic heterocycles. The Labute approximate surface area is 155 Å². The van der Waals surface area contributed by atoms with Crippen molar-refractivity contribution < 1.29 is 18.8 Å². The number of hydrogen-bond acceptors (Lipinski definition) is 5. The molecule has 0 radical (unpaired) electrons. The Morgan fingerprint density at radius 3 is 2.58 bits per heavy atom. The second kappa shape index (κ2) is 7.51. The number of carbonyl (C=O) groups is 1. The molecule has 3 aromatic rings. The van der Waals surface area contributed by atoms with Gasteiger partial charge < -0.3 is 10.1 Å². The smallest absolute Gasteiger partial charge is 0.314 e. The van der Waals surface area contributed by atoms with Gasteiger partial charge in [0.25, 0.3) is 5.91 Å². The van der Waals surface area contributed by atoms with Crippen molar-refractivity contribution in [2.75, 3.05) is 5.32 Å². The van der Waals surface area contributed by atoms with Gasteiger partial charge in [-0.3, -0.25) is 14.9 Å². The van der Waals surface area contributed by atoms with Crippen LogP contribution in [0, 0.1) is 15.9 Å². The number of nitrogens with one attached hydrogen (secondary N) is 1. The first-order chi connectivity index (χ1) is 12.4. The van der Waals surface area contributed by atoms with E-state index in [1.54, 1.807) is 29.6 Å². The van der Waals surface area contributed by atoms with Crippen LogP contribution in [0.4, 0.5) is 15.8 Å². The normalized spacial score (nSPS) is 10.4. The fourth-order valence-electron chi connectivity index (χ4n) is 2.10. The summed E-state index contributed by atoms with van der Waals surface area (Å²) in [7, 11) is 0. The molecule has 26 heavy (non-hydrogen) atoms. The zero-order valence-electron chi connectivity index (χ0n) is 12.9. The summed E-state index contributed by atoms with van der Waals surface area (Å²) in [4.78, 5) is 23.0. The van der Waals surface area contributed by atoms with E-state index in [0.717, 1.165) is 29.5 Å². The summed E-state index contributed by atoms with van der Waals surface area (Å²) < 4.78 is 18.7. The van der Waals surface area contributed by atoms with E-state index in [-0.39, 0.29) is 16.4 Å². The van der Waals surface area contributed by atoms with Crippen molar-refractivity contribution in [2.45, 2.75) is 0 Å². The van der Waals surface area contributed by atoms with E-state index in [2.05, 4.69) is 5.32 Å². The lowest BCUT2D eigenvalue weighted by Crippen LogP contribution is -2.11. The Kier molecular flexibility index (Phi) is 5.15. The number of amides is 1. The van der Waals surface area contributed by atoms with Gasteiger partial charge in [-0.2, -0.15) is 0 Å². The van der Waals surface area contributed by atoms with E-state index in [4.69, 9.17) is 16.3 Å². The van der Waals surface area contributed by atoms with Crippen molar-refractivity contribution in [3.63, 3.8) is 0 Å². The van der Waals surface area contributed by atoms with Crippen LogP contribution in [-0.4, -0.2) is 10.8 Å². The monoisotopic (exact) mass is 392 g/mol. The Morgan fingerprint density at radius 1 is 1.15 bits per heavy atom. The molecule has 6 nitrogen and oxygen atoms in total. The SMILES string of the molecule is O=C(Nc1ccc(Cl)cc1)c1sccc1Oc1ccc(F)cc1[N+](=O)[O-]. The summed E-state index contributed by atoms with van der Waals surface area (Å²) in [5.41, 5.74) is 0.00627. The van der Waals surface area contributed by atoms with Gasteiger partial charge in [-0.05, 0) is 47.8 Å². The molecule has 1 heterocycles. The molecule has 0 bridgehead atoms. The summed E-state index contributed by atoms with van der Waals surface area (Å²) in [6, 6.07) is 11.0. The van der Waals surface area contributed by atoms with Gasteiger partial charge in [0.05, 0.1) is 11.0 Å². The lowest BCUT2D eigenvalue weighted by molar-refractivity contribution is -0.385. The molecule has 9 heteroatoms. The Morgan fingerprint density at radius 2 is 1.88 bits per heavy atom. The summed E-state index contributed by atoms with van der Waals surface area (Å²) in [5, 5.41) is 15.9. The van der Waals surface area contributed by atoms with Crippen LogP contribution in [0.2, 0.25) is 5.02 Å². The van der Waals surface area contributed by atoms with E-state index in [0.29, 0.717) is 10.7 Å². The first kappa shape index (κ1) is 17.8. The first-order valence-electron chi connectivity index (χ1n) is 7.20. The van der Waals surface area contributed by atoms with Gasteiger partial charge in [-0.15, -0.1) is 11.3 Å². The van der Waals surface area contributed by atoms with Crippen LogP contribution in [0.15, 0.2) is 53.9 Å². The average Bonchev–Trinajstić information content (AvgIpc) is 3.06. The van der Waals surface area contributed by atoms with Gasteiger partial charge in [0, 0.05) is 10.7 Å². The topological polar surface area (TPSA) is 81.5 Å². The van der Waals surface area contributed by atoms with Crippen molar-refractivity contribution in [3.8, 4) is 11.5 Å². The summed E-state index contributed by atoms with van der Waals surface area (Å²) in [6.07, 6.45) is 0. The van der Waals surface area contributed by atoms with E-state index in [1.165, 1.54) is 6.07 Å². The van der Waals surface area contributed by atoms with Crippen LogP contribution in [0.1, 0.15) is 9.67 Å². The van der Waals surface area contributed by atoms with Gasteiger partial charge in [-0.25, -0.2) is 4.39 Å². The molecular formula is C17H10ClFN2O4S. The Balaban J connectivity index is 1.84. The fraction of sp³-hybridized carbons (Fsp3) is 0. The molecule has 132 valence electrons. The molecule has 0 aliphatic rings. The molecular weight excluding hydrogens is 383 g/mol. The molecule has 0 fully saturated rings. The van der Waals surface area contributed by atoms with Crippen LogP contribution in [0.25, 0.3) is 0 Å². The van der Waals surface area contributed by atoms with E-state index >= 15 is 0 Å². The molecule has 0 aliphatic carbocycles. The number of halogens is 2. The number of hydrogen-bond donors (Lipinski definition) is 1. The molecule has 3 rings (SSSR count). The average molecular weight is 393 g/mol. The van der Waals surface area contributed by atoms with Crippen molar-refractivity contribution in [2.24, 2.45) is 0 Å². The summed E-state index contributed by atoms with van der Waals surface area (Å²) in [6.45, 7) is 0. The van der Waals surface area contributed by atoms with Gasteiger partial charge >= 0.3 is 5.69 Å². The van der Waals surface area contributed by atoms with Gasteiger partial charge in [0.1, 0.15) is 10.7 Å². The highest BCUT2D eigenvalue weighted by Gasteiger charge is 2.21. The minimum Gasteiger partial charge on any atom is -0.448 e. The molecule has 0 unspecified atom stereocenters. The minimum absolute atomic E-state index is 0.135. The van der Waals surface area contributed by atoms with Crippen molar-refractivity contribution >= 4 is 40.2 Å². The van der Waals surface area contributed by atoms with Crippen LogP contribution in [-0.2, 0) is 0 Å². The molecule has 0 spiro atoms. The maximum Gasteiger partial charge on any atom is 0.314 e. The van der Waals surface area contributed by atoms with E-state index in [9.17, 15) is 19.3 Å². The van der Waals surface area contributed by atoms with E-state index in [1.807, 2.05) is 0 Å². The van der Waals surface area contributed by atoms with Crippen LogP contribution in [0.3, 0.4) is 0 Å². The highest BCUT2D eigenvalue weighted by atomic mass is 35.5. The number of benzene rings is 2. The number of nitro groups is 1. The number of ether oxygens (including phenoxy) is 1. The quantitative estimate of drug-likeness (QED) is 0.459. The third-order valence-electron chi connectivity index (χ3n) is 3.28. The van der Waals surface area contributed by atoms with Gasteiger partial charge in [0.2, 0.25) is 5.75 Å². The van der Waals surface area contributed by atoms with E-state index < -0.39 is 22.3 Å². The van der Waals surface area contributed by atoms with Crippen molar-refractivity contribution in [1.29, 1.82) is 0 Å². The van der Waals surface area contributed by atoms with Crippen molar-refractivity contribution in [3.05, 3.63) is 79.7 Å². The maximum atomic E-state index is 13.2. The largest absolute Gasteiger partial charge is 0.448 e. The number of anilines is 1. The third-order valence-corrected chi connectivity index (χ3v) is 4.42. The second-order valence-electron chi connectivity index (χ2n) is 5.05. The Bertz CT molecular complexity index is 975. The Hall–Kier alpha value is -2.97. The maximum absolute atomic E-state index is 13.2. The number of nitrogens with zero attached hydrogens (tertiary/aromatic N) is 1. The number of thiophene rings is 1. The summed E-state index contributed by atoms with van der Waals surface area (Å²) >= 11 is 6.91. The lowest BCUT2D eigenvalue weighted by Gasteiger charge is -2.08. The lowest BCUT2D eigenvalue weighted by atomic mass is 10.3. The number of nitro benzene ring substituents is 1. The predicted octanol–water partition coefficient (Wildman–Crippen LogP) is 5.49. The molecule has 0 aliphatic heterocycles.